The Bertz CT molecular complexity index is 658. The summed E-state index contributed by atoms with van der Waals surface area (Å²) in [5.41, 5.74) is 7.35. The van der Waals surface area contributed by atoms with E-state index in [2.05, 4.69) is 20.9 Å². The number of amides is 4. The van der Waals surface area contributed by atoms with Gasteiger partial charge in [-0.2, -0.15) is 0 Å². The summed E-state index contributed by atoms with van der Waals surface area (Å²) < 4.78 is 0. The zero-order chi connectivity index (χ0) is 16.7. The topological polar surface area (TPSA) is 109 Å². The highest BCUT2D eigenvalue weighted by atomic mass is 16.2. The maximum atomic E-state index is 11.9. The van der Waals surface area contributed by atoms with Crippen LogP contribution < -0.4 is 21.7 Å². The monoisotopic (exact) mass is 313 g/mol. The van der Waals surface area contributed by atoms with Crippen molar-refractivity contribution in [2.24, 2.45) is 5.73 Å². The van der Waals surface area contributed by atoms with Gasteiger partial charge < -0.3 is 21.7 Å². The van der Waals surface area contributed by atoms with Gasteiger partial charge >= 0.3 is 12.1 Å². The molecule has 120 valence electrons. The van der Waals surface area contributed by atoms with Gasteiger partial charge in [0.05, 0.1) is 18.3 Å². The van der Waals surface area contributed by atoms with Crippen molar-refractivity contribution in [1.82, 2.24) is 15.6 Å². The third-order valence-corrected chi connectivity index (χ3v) is 3.18. The van der Waals surface area contributed by atoms with E-state index in [9.17, 15) is 9.59 Å². The third-order valence-electron chi connectivity index (χ3n) is 3.18. The fourth-order valence-electron chi connectivity index (χ4n) is 2.00. The molecular formula is C16H19N5O2. The van der Waals surface area contributed by atoms with Crippen LogP contribution in [0.25, 0.3) is 0 Å². The molecule has 7 heteroatoms. The largest absolute Gasteiger partial charge is 0.351 e. The van der Waals surface area contributed by atoms with E-state index in [1.165, 1.54) is 0 Å². The van der Waals surface area contributed by atoms with E-state index in [0.717, 1.165) is 11.3 Å². The first-order valence-electron chi connectivity index (χ1n) is 7.15. The summed E-state index contributed by atoms with van der Waals surface area (Å²) in [6.07, 6.45) is 1.68. The number of rotatable bonds is 5. The predicted octanol–water partition coefficient (Wildman–Crippen LogP) is 2.13. The molecule has 5 N–H and O–H groups in total. The number of hydrogen-bond acceptors (Lipinski definition) is 3. The van der Waals surface area contributed by atoms with Crippen molar-refractivity contribution in [1.29, 1.82) is 0 Å². The summed E-state index contributed by atoms with van der Waals surface area (Å²) in [7, 11) is 0. The van der Waals surface area contributed by atoms with E-state index < -0.39 is 6.03 Å². The number of urea groups is 2. The molecule has 0 aliphatic carbocycles. The fraction of sp³-hybridized carbons (Fsp3) is 0.188. The van der Waals surface area contributed by atoms with Crippen molar-refractivity contribution in [2.75, 3.05) is 5.32 Å². The van der Waals surface area contributed by atoms with Crippen molar-refractivity contribution in [3.8, 4) is 0 Å². The van der Waals surface area contributed by atoms with Crippen LogP contribution in [-0.4, -0.2) is 17.0 Å². The van der Waals surface area contributed by atoms with Gasteiger partial charge in [-0.05, 0) is 36.8 Å². The first-order chi connectivity index (χ1) is 11.0. The molecular weight excluding hydrogens is 294 g/mol. The molecule has 2 aromatic rings. The van der Waals surface area contributed by atoms with Crippen molar-refractivity contribution >= 4 is 17.7 Å². The Hall–Kier alpha value is -3.09. The van der Waals surface area contributed by atoms with Crippen molar-refractivity contribution in [3.05, 3.63) is 59.9 Å². The number of carbonyl (C=O) groups is 2. The predicted molar refractivity (Wildman–Crippen MR) is 87.7 cm³/mol. The Morgan fingerprint density at radius 2 is 1.91 bits per heavy atom. The maximum Gasteiger partial charge on any atom is 0.316 e. The van der Waals surface area contributed by atoms with Crippen LogP contribution in [0.15, 0.2) is 48.7 Å². The highest BCUT2D eigenvalue weighted by Gasteiger charge is 2.09. The third kappa shape index (κ3) is 5.31. The van der Waals surface area contributed by atoms with Crippen LogP contribution in [0, 0.1) is 0 Å². The molecule has 1 heterocycles. The van der Waals surface area contributed by atoms with Gasteiger partial charge in [0.15, 0.2) is 0 Å². The van der Waals surface area contributed by atoms with E-state index in [4.69, 9.17) is 5.73 Å². The Morgan fingerprint density at radius 1 is 1.17 bits per heavy atom. The van der Waals surface area contributed by atoms with Gasteiger partial charge in [-0.3, -0.25) is 4.98 Å². The van der Waals surface area contributed by atoms with E-state index >= 15 is 0 Å². The zero-order valence-corrected chi connectivity index (χ0v) is 12.7. The number of pyridine rings is 1. The van der Waals surface area contributed by atoms with Gasteiger partial charge in [0.2, 0.25) is 0 Å². The molecule has 0 saturated carbocycles. The second-order valence-electron chi connectivity index (χ2n) is 4.98. The number of nitrogens with one attached hydrogen (secondary N) is 3. The molecule has 4 amide bonds. The Balaban J connectivity index is 1.84. The van der Waals surface area contributed by atoms with Crippen molar-refractivity contribution < 1.29 is 9.59 Å². The van der Waals surface area contributed by atoms with E-state index in [1.807, 2.05) is 37.3 Å². The molecule has 2 rings (SSSR count). The normalized spacial score (nSPS) is 11.3. The molecule has 0 spiro atoms. The second kappa shape index (κ2) is 7.79. The van der Waals surface area contributed by atoms with Gasteiger partial charge in [-0.25, -0.2) is 9.59 Å². The lowest BCUT2D eigenvalue weighted by Gasteiger charge is -2.15. The Kier molecular flexibility index (Phi) is 5.51. The van der Waals surface area contributed by atoms with Crippen molar-refractivity contribution in [2.45, 2.75) is 19.5 Å². The van der Waals surface area contributed by atoms with Gasteiger partial charge in [0.1, 0.15) is 0 Å². The molecule has 0 saturated heterocycles. The standard InChI is InChI=1S/C16H19N5O2/c1-11(12-5-7-13(8-6-12)21-15(17)22)20-16(23)19-10-14-4-2-3-9-18-14/h2-9,11H,10H2,1H3,(H3,17,21,22)(H2,19,20,23)/t11-/m1/s1. The molecule has 0 radical (unpaired) electrons. The minimum Gasteiger partial charge on any atom is -0.351 e. The number of nitrogens with zero attached hydrogens (tertiary/aromatic N) is 1. The fourth-order valence-corrected chi connectivity index (χ4v) is 2.00. The lowest BCUT2D eigenvalue weighted by molar-refractivity contribution is 0.237. The van der Waals surface area contributed by atoms with Crippen LogP contribution >= 0.6 is 0 Å². The van der Waals surface area contributed by atoms with Crippen molar-refractivity contribution in [3.63, 3.8) is 0 Å². The number of aromatic nitrogens is 1. The summed E-state index contributed by atoms with van der Waals surface area (Å²) >= 11 is 0. The molecule has 0 aliphatic rings. The Morgan fingerprint density at radius 3 is 2.52 bits per heavy atom. The van der Waals surface area contributed by atoms with E-state index in [-0.39, 0.29) is 12.1 Å². The summed E-state index contributed by atoms with van der Waals surface area (Å²) in [5, 5.41) is 8.07. The second-order valence-corrected chi connectivity index (χ2v) is 4.98. The maximum absolute atomic E-state index is 11.9. The quantitative estimate of drug-likeness (QED) is 0.679. The molecule has 0 bridgehead atoms. The van der Waals surface area contributed by atoms with E-state index in [0.29, 0.717) is 12.2 Å². The number of anilines is 1. The first-order valence-corrected chi connectivity index (χ1v) is 7.15. The lowest BCUT2D eigenvalue weighted by Crippen LogP contribution is -2.36. The van der Waals surface area contributed by atoms with Crippen LogP contribution in [0.2, 0.25) is 0 Å². The van der Waals surface area contributed by atoms with Gasteiger partial charge in [-0.15, -0.1) is 0 Å². The number of primary amides is 1. The summed E-state index contributed by atoms with van der Waals surface area (Å²) in [6.45, 7) is 2.23. The van der Waals surface area contributed by atoms with Crippen LogP contribution in [0.3, 0.4) is 0 Å². The number of benzene rings is 1. The molecule has 0 fully saturated rings. The minimum atomic E-state index is -0.613. The zero-order valence-electron chi connectivity index (χ0n) is 12.7. The molecule has 0 unspecified atom stereocenters. The summed E-state index contributed by atoms with van der Waals surface area (Å²) in [6, 6.07) is 11.5. The number of carbonyl (C=O) groups excluding carboxylic acids is 2. The summed E-state index contributed by atoms with van der Waals surface area (Å²) in [5.74, 6) is 0. The number of nitrogens with two attached hydrogens (primary N) is 1. The number of hydrogen-bond donors (Lipinski definition) is 4. The molecule has 1 aromatic carbocycles. The summed E-state index contributed by atoms with van der Waals surface area (Å²) in [4.78, 5) is 26.8. The average molecular weight is 313 g/mol. The highest BCUT2D eigenvalue weighted by Crippen LogP contribution is 2.15. The SMILES string of the molecule is C[C@@H](NC(=O)NCc1ccccn1)c1ccc(NC(N)=O)cc1. The highest BCUT2D eigenvalue weighted by molar-refractivity contribution is 5.87. The minimum absolute atomic E-state index is 0.179. The molecule has 7 nitrogen and oxygen atoms in total. The van der Waals surface area contributed by atoms with E-state index in [1.54, 1.807) is 18.3 Å². The first kappa shape index (κ1) is 16.3. The van der Waals surface area contributed by atoms with Crippen LogP contribution in [-0.2, 0) is 6.54 Å². The van der Waals surface area contributed by atoms with Crippen LogP contribution in [0.5, 0.6) is 0 Å². The molecule has 1 aromatic heterocycles. The van der Waals surface area contributed by atoms with Gasteiger partial charge in [0.25, 0.3) is 0 Å². The van der Waals surface area contributed by atoms with Crippen LogP contribution in [0.1, 0.15) is 24.2 Å². The average Bonchev–Trinajstić information content (AvgIpc) is 2.54. The van der Waals surface area contributed by atoms with Crippen LogP contribution in [0.4, 0.5) is 15.3 Å². The van der Waals surface area contributed by atoms with Gasteiger partial charge in [-0.1, -0.05) is 18.2 Å². The smallest absolute Gasteiger partial charge is 0.316 e. The molecule has 0 aliphatic heterocycles. The lowest BCUT2D eigenvalue weighted by atomic mass is 10.1. The Labute approximate surface area is 134 Å². The van der Waals surface area contributed by atoms with Gasteiger partial charge in [0, 0.05) is 11.9 Å². The molecule has 23 heavy (non-hydrogen) atoms. The molecule has 1 atom stereocenters.